The highest BCUT2D eigenvalue weighted by atomic mass is 16.5. The number of para-hydroxylation sites is 1. The standard InChI is InChI=1S/C23H27NO3/c1-26-22-11-6-5-10-20(22)16-21(19-8-3-2-4-9-19)23(25)24-14-7-15-27-17-18-12-13-18/h2-6,8-11,16,18H,7,12-15,17H2,1H3,(H,24,25)/b21-16+. The average molecular weight is 365 g/mol. The zero-order chi connectivity index (χ0) is 18.9. The van der Waals surface area contributed by atoms with Gasteiger partial charge >= 0.3 is 0 Å². The molecule has 4 nitrogen and oxygen atoms in total. The van der Waals surface area contributed by atoms with Crippen molar-refractivity contribution in [2.45, 2.75) is 19.3 Å². The molecule has 1 N–H and O–H groups in total. The van der Waals surface area contributed by atoms with E-state index in [1.165, 1.54) is 12.8 Å². The molecule has 1 fully saturated rings. The van der Waals surface area contributed by atoms with Crippen molar-refractivity contribution in [3.05, 3.63) is 65.7 Å². The van der Waals surface area contributed by atoms with E-state index in [0.717, 1.165) is 35.8 Å². The number of nitrogens with one attached hydrogen (secondary N) is 1. The van der Waals surface area contributed by atoms with Crippen molar-refractivity contribution in [1.82, 2.24) is 5.32 Å². The lowest BCUT2D eigenvalue weighted by Gasteiger charge is -2.11. The van der Waals surface area contributed by atoms with E-state index < -0.39 is 0 Å². The summed E-state index contributed by atoms with van der Waals surface area (Å²) >= 11 is 0. The van der Waals surface area contributed by atoms with Gasteiger partial charge in [0.25, 0.3) is 5.91 Å². The van der Waals surface area contributed by atoms with Crippen LogP contribution in [0.2, 0.25) is 0 Å². The number of ether oxygens (including phenoxy) is 2. The van der Waals surface area contributed by atoms with Gasteiger partial charge in [0.2, 0.25) is 0 Å². The summed E-state index contributed by atoms with van der Waals surface area (Å²) in [4.78, 5) is 12.8. The van der Waals surface area contributed by atoms with Crippen LogP contribution in [0.25, 0.3) is 11.6 Å². The minimum atomic E-state index is -0.0886. The number of benzene rings is 2. The van der Waals surface area contributed by atoms with E-state index in [9.17, 15) is 4.79 Å². The summed E-state index contributed by atoms with van der Waals surface area (Å²) in [6.45, 7) is 2.14. The molecule has 0 aromatic heterocycles. The molecule has 1 saturated carbocycles. The van der Waals surface area contributed by atoms with Crippen LogP contribution in [0.1, 0.15) is 30.4 Å². The fourth-order valence-corrected chi connectivity index (χ4v) is 2.84. The van der Waals surface area contributed by atoms with Crippen molar-refractivity contribution in [1.29, 1.82) is 0 Å². The number of amides is 1. The lowest BCUT2D eigenvalue weighted by atomic mass is 10.0. The van der Waals surface area contributed by atoms with Crippen molar-refractivity contribution < 1.29 is 14.3 Å². The van der Waals surface area contributed by atoms with Crippen LogP contribution in [-0.2, 0) is 9.53 Å². The molecule has 4 heteroatoms. The van der Waals surface area contributed by atoms with Crippen LogP contribution in [0, 0.1) is 5.92 Å². The van der Waals surface area contributed by atoms with Gasteiger partial charge in [-0.2, -0.15) is 0 Å². The molecule has 142 valence electrons. The van der Waals surface area contributed by atoms with E-state index in [-0.39, 0.29) is 5.91 Å². The average Bonchev–Trinajstić information content (AvgIpc) is 3.54. The summed E-state index contributed by atoms with van der Waals surface area (Å²) in [6.07, 6.45) is 5.29. The van der Waals surface area contributed by atoms with Gasteiger partial charge in [0, 0.05) is 30.9 Å². The fraction of sp³-hybridized carbons (Fsp3) is 0.348. The van der Waals surface area contributed by atoms with Crippen molar-refractivity contribution in [2.75, 3.05) is 26.9 Å². The number of methoxy groups -OCH3 is 1. The van der Waals surface area contributed by atoms with Crippen LogP contribution < -0.4 is 10.1 Å². The molecule has 2 aromatic rings. The summed E-state index contributed by atoms with van der Waals surface area (Å²) in [5.74, 6) is 1.43. The summed E-state index contributed by atoms with van der Waals surface area (Å²) in [5, 5.41) is 3.01. The predicted molar refractivity (Wildman–Crippen MR) is 108 cm³/mol. The summed E-state index contributed by atoms with van der Waals surface area (Å²) < 4.78 is 11.0. The van der Waals surface area contributed by atoms with Crippen LogP contribution in [0.3, 0.4) is 0 Å². The van der Waals surface area contributed by atoms with Crippen molar-refractivity contribution >= 4 is 17.6 Å². The Labute approximate surface area is 161 Å². The molecule has 2 aromatic carbocycles. The normalized spacial score (nSPS) is 14.0. The second-order valence-corrected chi connectivity index (χ2v) is 6.79. The largest absolute Gasteiger partial charge is 0.496 e. The smallest absolute Gasteiger partial charge is 0.251 e. The Morgan fingerprint density at radius 2 is 1.85 bits per heavy atom. The maximum Gasteiger partial charge on any atom is 0.251 e. The van der Waals surface area contributed by atoms with Crippen molar-refractivity contribution in [3.8, 4) is 5.75 Å². The number of carbonyl (C=O) groups is 1. The molecule has 0 unspecified atom stereocenters. The second-order valence-electron chi connectivity index (χ2n) is 6.79. The lowest BCUT2D eigenvalue weighted by Crippen LogP contribution is -2.26. The van der Waals surface area contributed by atoms with E-state index in [0.29, 0.717) is 18.7 Å². The third kappa shape index (κ3) is 5.97. The van der Waals surface area contributed by atoms with Crippen LogP contribution in [-0.4, -0.2) is 32.8 Å². The lowest BCUT2D eigenvalue weighted by molar-refractivity contribution is -0.115. The van der Waals surface area contributed by atoms with Gasteiger partial charge in [-0.15, -0.1) is 0 Å². The summed E-state index contributed by atoms with van der Waals surface area (Å²) in [6, 6.07) is 17.4. The Kier molecular flexibility index (Phi) is 7.05. The first-order valence-corrected chi connectivity index (χ1v) is 9.54. The molecule has 0 radical (unpaired) electrons. The van der Waals surface area contributed by atoms with Gasteiger partial charge in [-0.25, -0.2) is 0 Å². The van der Waals surface area contributed by atoms with Crippen molar-refractivity contribution in [3.63, 3.8) is 0 Å². The van der Waals surface area contributed by atoms with Gasteiger partial charge in [0.15, 0.2) is 0 Å². The number of hydrogen-bond acceptors (Lipinski definition) is 3. The maximum absolute atomic E-state index is 12.8. The van der Waals surface area contributed by atoms with E-state index >= 15 is 0 Å². The highest BCUT2D eigenvalue weighted by Gasteiger charge is 2.20. The number of rotatable bonds is 10. The first-order valence-electron chi connectivity index (χ1n) is 9.54. The molecule has 1 amide bonds. The second kappa shape index (κ2) is 9.93. The van der Waals surface area contributed by atoms with E-state index in [2.05, 4.69) is 5.32 Å². The quantitative estimate of drug-likeness (QED) is 0.391. The number of carbonyl (C=O) groups excluding carboxylic acids is 1. The third-order valence-electron chi connectivity index (χ3n) is 4.57. The molecule has 0 heterocycles. The van der Waals surface area contributed by atoms with E-state index in [1.54, 1.807) is 7.11 Å². The van der Waals surface area contributed by atoms with Crippen LogP contribution in [0.15, 0.2) is 54.6 Å². The molecule has 0 aliphatic heterocycles. The molecule has 27 heavy (non-hydrogen) atoms. The minimum Gasteiger partial charge on any atom is -0.496 e. The fourth-order valence-electron chi connectivity index (χ4n) is 2.84. The van der Waals surface area contributed by atoms with Crippen LogP contribution in [0.4, 0.5) is 0 Å². The van der Waals surface area contributed by atoms with Gasteiger partial charge in [0.1, 0.15) is 5.75 Å². The van der Waals surface area contributed by atoms with Gasteiger partial charge in [0.05, 0.1) is 7.11 Å². The molecule has 0 atom stereocenters. The molecule has 0 spiro atoms. The number of hydrogen-bond donors (Lipinski definition) is 1. The maximum atomic E-state index is 12.8. The van der Waals surface area contributed by atoms with Gasteiger partial charge < -0.3 is 14.8 Å². The highest BCUT2D eigenvalue weighted by molar-refractivity contribution is 6.24. The zero-order valence-electron chi connectivity index (χ0n) is 15.8. The first-order chi connectivity index (χ1) is 13.3. The first kappa shape index (κ1) is 19.2. The minimum absolute atomic E-state index is 0.0886. The Morgan fingerprint density at radius 1 is 1.11 bits per heavy atom. The molecule has 0 bridgehead atoms. The Hall–Kier alpha value is -2.59. The Bertz CT molecular complexity index is 766. The van der Waals surface area contributed by atoms with Crippen molar-refractivity contribution in [2.24, 2.45) is 5.92 Å². The molecule has 1 aliphatic carbocycles. The molecular formula is C23H27NO3. The summed E-state index contributed by atoms with van der Waals surface area (Å²) in [7, 11) is 1.64. The monoisotopic (exact) mass is 365 g/mol. The van der Waals surface area contributed by atoms with Gasteiger partial charge in [-0.05, 0) is 42.9 Å². The Morgan fingerprint density at radius 3 is 2.59 bits per heavy atom. The van der Waals surface area contributed by atoms with Crippen LogP contribution in [0.5, 0.6) is 5.75 Å². The zero-order valence-corrected chi connectivity index (χ0v) is 15.8. The van der Waals surface area contributed by atoms with E-state index in [1.807, 2.05) is 60.7 Å². The molecular weight excluding hydrogens is 338 g/mol. The summed E-state index contributed by atoms with van der Waals surface area (Å²) in [5.41, 5.74) is 2.38. The predicted octanol–water partition coefficient (Wildman–Crippen LogP) is 4.17. The highest BCUT2D eigenvalue weighted by Crippen LogP contribution is 2.28. The molecule has 3 rings (SSSR count). The molecule has 1 aliphatic rings. The topological polar surface area (TPSA) is 47.6 Å². The Balaban J connectivity index is 1.66. The van der Waals surface area contributed by atoms with Crippen LogP contribution >= 0.6 is 0 Å². The SMILES string of the molecule is COc1ccccc1/C=C(/C(=O)NCCCOCC1CC1)c1ccccc1. The third-order valence-corrected chi connectivity index (χ3v) is 4.57. The molecule has 0 saturated heterocycles. The van der Waals surface area contributed by atoms with Gasteiger partial charge in [-0.1, -0.05) is 48.5 Å². The van der Waals surface area contributed by atoms with E-state index in [4.69, 9.17) is 9.47 Å². The van der Waals surface area contributed by atoms with Gasteiger partial charge in [-0.3, -0.25) is 4.79 Å².